The molecule has 0 amide bonds. The summed E-state index contributed by atoms with van der Waals surface area (Å²) in [5, 5.41) is 20.8. The molecule has 0 heterocycles. The molecular formula is C23H14ClF3N2O4. The van der Waals surface area contributed by atoms with E-state index in [0.717, 1.165) is 6.07 Å². The van der Waals surface area contributed by atoms with Crippen molar-refractivity contribution in [3.05, 3.63) is 92.5 Å². The van der Waals surface area contributed by atoms with Crippen molar-refractivity contribution >= 4 is 28.9 Å². The van der Waals surface area contributed by atoms with Gasteiger partial charge in [0.05, 0.1) is 34.3 Å². The van der Waals surface area contributed by atoms with Gasteiger partial charge < -0.3 is 9.47 Å². The Morgan fingerprint density at radius 3 is 2.39 bits per heavy atom. The topological polar surface area (TPSA) is 85.4 Å². The predicted molar refractivity (Wildman–Crippen MR) is 116 cm³/mol. The lowest BCUT2D eigenvalue weighted by molar-refractivity contribution is -0.385. The van der Waals surface area contributed by atoms with E-state index >= 15 is 0 Å². The summed E-state index contributed by atoms with van der Waals surface area (Å²) >= 11 is 6.30. The third kappa shape index (κ3) is 5.42. The first-order valence-electron chi connectivity index (χ1n) is 9.22. The van der Waals surface area contributed by atoms with E-state index < -0.39 is 28.1 Å². The van der Waals surface area contributed by atoms with Crippen molar-refractivity contribution in [1.82, 2.24) is 0 Å². The van der Waals surface area contributed by atoms with Crippen LogP contribution in [0.25, 0.3) is 11.6 Å². The SMILES string of the molecule is COc1cc(/C=C(\C#N)c2ccccc2)cc(Cl)c1Oc1ccc(C(F)(F)F)cc1[N+](=O)[O-]. The molecule has 0 fully saturated rings. The molecule has 0 atom stereocenters. The van der Waals surface area contributed by atoms with Gasteiger partial charge in [0.15, 0.2) is 11.5 Å². The van der Waals surface area contributed by atoms with Gasteiger partial charge in [-0.15, -0.1) is 0 Å². The molecule has 3 aromatic rings. The minimum Gasteiger partial charge on any atom is -0.493 e. The Balaban J connectivity index is 2.03. The first-order valence-corrected chi connectivity index (χ1v) is 9.60. The molecule has 0 bridgehead atoms. The summed E-state index contributed by atoms with van der Waals surface area (Å²) in [5.74, 6) is -0.510. The van der Waals surface area contributed by atoms with Gasteiger partial charge in [-0.05, 0) is 41.5 Å². The fourth-order valence-corrected chi connectivity index (χ4v) is 3.18. The number of hydrogen-bond donors (Lipinski definition) is 0. The molecule has 0 spiro atoms. The molecule has 33 heavy (non-hydrogen) atoms. The van der Waals surface area contributed by atoms with Crippen LogP contribution in [0.15, 0.2) is 60.7 Å². The van der Waals surface area contributed by atoms with Crippen molar-refractivity contribution in [2.45, 2.75) is 6.18 Å². The smallest absolute Gasteiger partial charge is 0.416 e. The van der Waals surface area contributed by atoms with Gasteiger partial charge in [-0.3, -0.25) is 10.1 Å². The van der Waals surface area contributed by atoms with Gasteiger partial charge >= 0.3 is 11.9 Å². The van der Waals surface area contributed by atoms with E-state index in [9.17, 15) is 28.5 Å². The van der Waals surface area contributed by atoms with Crippen molar-refractivity contribution in [3.8, 4) is 23.3 Å². The van der Waals surface area contributed by atoms with E-state index in [1.54, 1.807) is 30.3 Å². The highest BCUT2D eigenvalue weighted by molar-refractivity contribution is 6.32. The number of alkyl halides is 3. The zero-order valence-electron chi connectivity index (χ0n) is 16.9. The molecule has 0 aliphatic carbocycles. The summed E-state index contributed by atoms with van der Waals surface area (Å²) < 4.78 is 49.6. The number of allylic oxidation sites excluding steroid dienone is 1. The number of nitrogens with zero attached hydrogens (tertiary/aromatic N) is 2. The van der Waals surface area contributed by atoms with Crippen molar-refractivity contribution in [3.63, 3.8) is 0 Å². The molecule has 0 unspecified atom stereocenters. The third-order valence-electron chi connectivity index (χ3n) is 4.46. The molecule has 3 rings (SSSR count). The van der Waals surface area contributed by atoms with Crippen LogP contribution >= 0.6 is 11.6 Å². The molecule has 3 aromatic carbocycles. The monoisotopic (exact) mass is 474 g/mol. The maximum absolute atomic E-state index is 12.9. The van der Waals surface area contributed by atoms with Crippen LogP contribution in [0.4, 0.5) is 18.9 Å². The molecule has 168 valence electrons. The molecule has 10 heteroatoms. The fraction of sp³-hybridized carbons (Fsp3) is 0.0870. The van der Waals surface area contributed by atoms with Crippen molar-refractivity contribution in [2.75, 3.05) is 7.11 Å². The second-order valence-electron chi connectivity index (χ2n) is 6.61. The number of halogens is 4. The molecule has 0 aliphatic rings. The summed E-state index contributed by atoms with van der Waals surface area (Å²) in [4.78, 5) is 10.3. The van der Waals surface area contributed by atoms with Crippen LogP contribution in [-0.4, -0.2) is 12.0 Å². The average Bonchev–Trinajstić information content (AvgIpc) is 2.78. The maximum atomic E-state index is 12.9. The number of benzene rings is 3. The number of hydrogen-bond acceptors (Lipinski definition) is 5. The number of methoxy groups -OCH3 is 1. The van der Waals surface area contributed by atoms with Crippen LogP contribution in [0.5, 0.6) is 17.2 Å². The fourth-order valence-electron chi connectivity index (χ4n) is 2.92. The number of ether oxygens (including phenoxy) is 2. The summed E-state index contributed by atoms with van der Waals surface area (Å²) in [5.41, 5.74) is -0.573. The van der Waals surface area contributed by atoms with E-state index in [1.165, 1.54) is 19.2 Å². The highest BCUT2D eigenvalue weighted by Crippen LogP contribution is 2.44. The Kier molecular flexibility index (Phi) is 6.89. The molecule has 0 aliphatic heterocycles. The number of nitro benzene ring substituents is 1. The van der Waals surface area contributed by atoms with Crippen molar-refractivity contribution < 1.29 is 27.6 Å². The van der Waals surface area contributed by atoms with Crippen LogP contribution in [-0.2, 0) is 6.18 Å². The molecule has 0 saturated heterocycles. The number of nitro groups is 1. The quantitative estimate of drug-likeness (QED) is 0.164. The molecule has 0 N–H and O–H groups in total. The van der Waals surface area contributed by atoms with Gasteiger partial charge in [0.2, 0.25) is 5.75 Å². The van der Waals surface area contributed by atoms with Gasteiger partial charge in [-0.2, -0.15) is 18.4 Å². The third-order valence-corrected chi connectivity index (χ3v) is 4.74. The van der Waals surface area contributed by atoms with Crippen LogP contribution in [0.3, 0.4) is 0 Å². The lowest BCUT2D eigenvalue weighted by Crippen LogP contribution is -2.06. The number of rotatable bonds is 6. The van der Waals surface area contributed by atoms with Gasteiger partial charge in [-0.1, -0.05) is 41.9 Å². The zero-order valence-corrected chi connectivity index (χ0v) is 17.6. The van der Waals surface area contributed by atoms with E-state index in [-0.39, 0.29) is 16.5 Å². The van der Waals surface area contributed by atoms with Gasteiger partial charge in [0, 0.05) is 6.07 Å². The average molecular weight is 475 g/mol. The van der Waals surface area contributed by atoms with E-state index in [2.05, 4.69) is 6.07 Å². The highest BCUT2D eigenvalue weighted by Gasteiger charge is 2.33. The molecule has 0 saturated carbocycles. The van der Waals surface area contributed by atoms with Crippen LogP contribution in [0.2, 0.25) is 5.02 Å². The van der Waals surface area contributed by atoms with E-state index in [0.29, 0.717) is 28.8 Å². The maximum Gasteiger partial charge on any atom is 0.416 e. The molecule has 0 aromatic heterocycles. The normalized spacial score (nSPS) is 11.6. The van der Waals surface area contributed by atoms with E-state index in [4.69, 9.17) is 21.1 Å². The lowest BCUT2D eigenvalue weighted by Gasteiger charge is -2.14. The van der Waals surface area contributed by atoms with E-state index in [1.807, 2.05) is 6.07 Å². The summed E-state index contributed by atoms with van der Waals surface area (Å²) in [6, 6.07) is 15.8. The number of nitriles is 1. The van der Waals surface area contributed by atoms with Gasteiger partial charge in [-0.25, -0.2) is 0 Å². The summed E-state index contributed by atoms with van der Waals surface area (Å²) in [7, 11) is 1.30. The Morgan fingerprint density at radius 2 is 1.82 bits per heavy atom. The van der Waals surface area contributed by atoms with Crippen LogP contribution in [0.1, 0.15) is 16.7 Å². The highest BCUT2D eigenvalue weighted by atomic mass is 35.5. The van der Waals surface area contributed by atoms with Crippen LogP contribution in [0, 0.1) is 21.4 Å². The van der Waals surface area contributed by atoms with Crippen molar-refractivity contribution in [1.29, 1.82) is 5.26 Å². The molecule has 0 radical (unpaired) electrons. The summed E-state index contributed by atoms with van der Waals surface area (Å²) in [6.45, 7) is 0. The summed E-state index contributed by atoms with van der Waals surface area (Å²) in [6.07, 6.45) is -3.20. The Labute approximate surface area is 191 Å². The minimum atomic E-state index is -4.76. The van der Waals surface area contributed by atoms with Crippen molar-refractivity contribution in [2.24, 2.45) is 0 Å². The Morgan fingerprint density at radius 1 is 1.12 bits per heavy atom. The first kappa shape index (κ1) is 23.6. The molecular weight excluding hydrogens is 461 g/mol. The lowest BCUT2D eigenvalue weighted by atomic mass is 10.0. The first-order chi connectivity index (χ1) is 15.6. The minimum absolute atomic E-state index is 0.0276. The zero-order chi connectivity index (χ0) is 24.2. The van der Waals surface area contributed by atoms with Gasteiger partial charge in [0.1, 0.15) is 0 Å². The predicted octanol–water partition coefficient (Wildman–Crippen LogP) is 7.13. The molecule has 6 nitrogen and oxygen atoms in total. The second-order valence-corrected chi connectivity index (χ2v) is 7.02. The standard InChI is InChI=1S/C23H14ClF3N2O4/c1-32-21-11-14(9-16(13-28)15-5-3-2-4-6-15)10-18(24)22(21)33-20-8-7-17(23(25,26)27)12-19(20)29(30)31/h2-12H,1H3/b16-9+. The Hall–Kier alpha value is -4.03. The van der Waals surface area contributed by atoms with Crippen LogP contribution < -0.4 is 9.47 Å². The largest absolute Gasteiger partial charge is 0.493 e. The van der Waals surface area contributed by atoms with Gasteiger partial charge in [0.25, 0.3) is 0 Å². The second kappa shape index (κ2) is 9.63. The Bertz CT molecular complexity index is 1270.